The minimum absolute atomic E-state index is 0.208. The second-order valence-corrected chi connectivity index (χ2v) is 5.55. The first-order valence-corrected chi connectivity index (χ1v) is 6.95. The van der Waals surface area contributed by atoms with Crippen LogP contribution < -0.4 is 10.2 Å². The van der Waals surface area contributed by atoms with Gasteiger partial charge in [-0.05, 0) is 25.8 Å². The van der Waals surface area contributed by atoms with E-state index in [4.69, 9.17) is 9.15 Å². The fourth-order valence-electron chi connectivity index (χ4n) is 2.30. The topological polar surface area (TPSA) is 63.4 Å². The highest BCUT2D eigenvalue weighted by Crippen LogP contribution is 2.23. The van der Waals surface area contributed by atoms with Crippen LogP contribution in [0.15, 0.2) is 4.42 Å². The van der Waals surface area contributed by atoms with Crippen LogP contribution in [0.5, 0.6) is 0 Å². The SMILES string of the molecule is CC(C)CNCc1nnc(N(C)C2CCOC2C)o1. The lowest BCUT2D eigenvalue weighted by atomic mass is 10.1. The number of nitrogens with one attached hydrogen (secondary N) is 1. The predicted molar refractivity (Wildman–Crippen MR) is 73.1 cm³/mol. The summed E-state index contributed by atoms with van der Waals surface area (Å²) in [6.45, 7) is 8.78. The maximum atomic E-state index is 5.67. The second kappa shape index (κ2) is 6.34. The van der Waals surface area contributed by atoms with Crippen molar-refractivity contribution in [1.82, 2.24) is 15.5 Å². The van der Waals surface area contributed by atoms with Crippen molar-refractivity contribution in [3.63, 3.8) is 0 Å². The molecule has 0 spiro atoms. The van der Waals surface area contributed by atoms with Crippen LogP contribution in [0, 0.1) is 5.92 Å². The number of nitrogens with zero attached hydrogens (tertiary/aromatic N) is 3. The molecule has 1 saturated heterocycles. The number of rotatable bonds is 6. The Morgan fingerprint density at radius 3 is 2.84 bits per heavy atom. The van der Waals surface area contributed by atoms with E-state index in [9.17, 15) is 0 Å². The van der Waals surface area contributed by atoms with Crippen molar-refractivity contribution in [3.8, 4) is 0 Å². The van der Waals surface area contributed by atoms with Gasteiger partial charge in [0.05, 0.1) is 18.7 Å². The number of ether oxygens (including phenoxy) is 1. The fourth-order valence-corrected chi connectivity index (χ4v) is 2.30. The van der Waals surface area contributed by atoms with E-state index >= 15 is 0 Å². The first kappa shape index (κ1) is 14.3. The minimum atomic E-state index is 0.208. The van der Waals surface area contributed by atoms with Crippen LogP contribution in [-0.4, -0.2) is 42.5 Å². The quantitative estimate of drug-likeness (QED) is 0.842. The zero-order valence-corrected chi connectivity index (χ0v) is 12.2. The Hall–Kier alpha value is -1.14. The molecule has 0 saturated carbocycles. The molecule has 6 nitrogen and oxygen atoms in total. The summed E-state index contributed by atoms with van der Waals surface area (Å²) in [4.78, 5) is 2.02. The Balaban J connectivity index is 1.89. The van der Waals surface area contributed by atoms with Crippen molar-refractivity contribution < 1.29 is 9.15 Å². The molecule has 0 amide bonds. The Morgan fingerprint density at radius 1 is 1.42 bits per heavy atom. The summed E-state index contributed by atoms with van der Waals surface area (Å²) < 4.78 is 11.2. The van der Waals surface area contributed by atoms with Crippen LogP contribution in [0.1, 0.15) is 33.1 Å². The zero-order valence-electron chi connectivity index (χ0n) is 12.2. The Kier molecular flexibility index (Phi) is 4.76. The highest BCUT2D eigenvalue weighted by molar-refractivity contribution is 5.26. The number of hydrogen-bond donors (Lipinski definition) is 1. The maximum absolute atomic E-state index is 5.67. The number of aromatic nitrogens is 2. The van der Waals surface area contributed by atoms with Crippen molar-refractivity contribution in [3.05, 3.63) is 5.89 Å². The van der Waals surface area contributed by atoms with Gasteiger partial charge in [0.15, 0.2) is 0 Å². The van der Waals surface area contributed by atoms with E-state index in [0.29, 0.717) is 30.4 Å². The van der Waals surface area contributed by atoms with Crippen molar-refractivity contribution in [2.45, 2.75) is 45.9 Å². The third-order valence-corrected chi connectivity index (χ3v) is 3.42. The molecular weight excluding hydrogens is 244 g/mol. The molecule has 1 aromatic heterocycles. The van der Waals surface area contributed by atoms with Gasteiger partial charge in [-0.1, -0.05) is 18.9 Å². The third-order valence-electron chi connectivity index (χ3n) is 3.42. The van der Waals surface area contributed by atoms with Gasteiger partial charge in [-0.3, -0.25) is 0 Å². The van der Waals surface area contributed by atoms with Gasteiger partial charge in [-0.15, -0.1) is 5.10 Å². The second-order valence-electron chi connectivity index (χ2n) is 5.55. The lowest BCUT2D eigenvalue weighted by Crippen LogP contribution is -2.36. The zero-order chi connectivity index (χ0) is 13.8. The third kappa shape index (κ3) is 3.67. The van der Waals surface area contributed by atoms with Crippen molar-refractivity contribution >= 4 is 6.01 Å². The Morgan fingerprint density at radius 2 is 2.21 bits per heavy atom. The molecule has 6 heteroatoms. The molecule has 1 N–H and O–H groups in total. The number of likely N-dealkylation sites (N-methyl/N-ethyl adjacent to an activating group) is 1. The van der Waals surface area contributed by atoms with Crippen molar-refractivity contribution in [2.24, 2.45) is 5.92 Å². The first-order chi connectivity index (χ1) is 9.08. The van der Waals surface area contributed by atoms with Gasteiger partial charge in [0.2, 0.25) is 5.89 Å². The van der Waals surface area contributed by atoms with E-state index in [1.165, 1.54) is 0 Å². The normalized spacial score (nSPS) is 23.2. The van der Waals surface area contributed by atoms with Crippen LogP contribution in [0.25, 0.3) is 0 Å². The van der Waals surface area contributed by atoms with Gasteiger partial charge >= 0.3 is 6.01 Å². The Labute approximate surface area is 114 Å². The molecule has 2 unspecified atom stereocenters. The molecular formula is C13H24N4O2. The molecule has 108 valence electrons. The molecule has 1 aliphatic heterocycles. The van der Waals surface area contributed by atoms with E-state index in [0.717, 1.165) is 19.6 Å². The predicted octanol–water partition coefficient (Wildman–Crippen LogP) is 1.43. The van der Waals surface area contributed by atoms with Gasteiger partial charge in [-0.25, -0.2) is 0 Å². The minimum Gasteiger partial charge on any atom is -0.407 e. The van der Waals surface area contributed by atoms with Gasteiger partial charge in [0, 0.05) is 13.7 Å². The lowest BCUT2D eigenvalue weighted by Gasteiger charge is -2.24. The average Bonchev–Trinajstić information content (AvgIpc) is 2.97. The number of anilines is 1. The summed E-state index contributed by atoms with van der Waals surface area (Å²) in [6.07, 6.45) is 1.21. The largest absolute Gasteiger partial charge is 0.407 e. The number of hydrogen-bond acceptors (Lipinski definition) is 6. The van der Waals surface area contributed by atoms with Crippen LogP contribution >= 0.6 is 0 Å². The maximum Gasteiger partial charge on any atom is 0.318 e. The molecule has 0 aromatic carbocycles. The molecule has 1 aliphatic rings. The van der Waals surface area contributed by atoms with E-state index in [1.54, 1.807) is 0 Å². The molecule has 2 atom stereocenters. The molecule has 19 heavy (non-hydrogen) atoms. The monoisotopic (exact) mass is 268 g/mol. The Bertz CT molecular complexity index is 394. The first-order valence-electron chi connectivity index (χ1n) is 6.95. The molecule has 0 radical (unpaired) electrons. The standard InChI is InChI=1S/C13H24N4O2/c1-9(2)7-14-8-12-15-16-13(19-12)17(4)11-5-6-18-10(11)3/h9-11,14H,5-8H2,1-4H3. The summed E-state index contributed by atoms with van der Waals surface area (Å²) >= 11 is 0. The molecule has 2 heterocycles. The van der Waals surface area contributed by atoms with Crippen molar-refractivity contribution in [2.75, 3.05) is 25.1 Å². The fraction of sp³-hybridized carbons (Fsp3) is 0.846. The summed E-state index contributed by atoms with van der Waals surface area (Å²) in [7, 11) is 1.98. The van der Waals surface area contributed by atoms with Gasteiger partial charge < -0.3 is 19.4 Å². The highest BCUT2D eigenvalue weighted by Gasteiger charge is 2.30. The molecule has 1 fully saturated rings. The molecule has 1 aromatic rings. The summed E-state index contributed by atoms with van der Waals surface area (Å²) in [5.74, 6) is 1.25. The average molecular weight is 268 g/mol. The highest BCUT2D eigenvalue weighted by atomic mass is 16.5. The molecule has 0 aliphatic carbocycles. The van der Waals surface area contributed by atoms with Gasteiger partial charge in [0.25, 0.3) is 0 Å². The van der Waals surface area contributed by atoms with E-state index < -0.39 is 0 Å². The smallest absolute Gasteiger partial charge is 0.318 e. The van der Waals surface area contributed by atoms with E-state index in [2.05, 4.69) is 36.3 Å². The summed E-state index contributed by atoms with van der Waals surface area (Å²) in [5, 5.41) is 11.5. The van der Waals surface area contributed by atoms with Crippen LogP contribution in [0.3, 0.4) is 0 Å². The van der Waals surface area contributed by atoms with Crippen LogP contribution in [0.4, 0.5) is 6.01 Å². The summed E-state index contributed by atoms with van der Waals surface area (Å²) in [5.41, 5.74) is 0. The van der Waals surface area contributed by atoms with Gasteiger partial charge in [-0.2, -0.15) is 0 Å². The van der Waals surface area contributed by atoms with Gasteiger partial charge in [0.1, 0.15) is 0 Å². The van der Waals surface area contributed by atoms with Crippen molar-refractivity contribution in [1.29, 1.82) is 0 Å². The molecule has 2 rings (SSSR count). The van der Waals surface area contributed by atoms with Crippen LogP contribution in [-0.2, 0) is 11.3 Å². The van der Waals surface area contributed by atoms with E-state index in [-0.39, 0.29) is 6.10 Å². The molecule has 0 bridgehead atoms. The summed E-state index contributed by atoms with van der Waals surface area (Å²) in [6, 6.07) is 0.889. The lowest BCUT2D eigenvalue weighted by molar-refractivity contribution is 0.117. The van der Waals surface area contributed by atoms with Crippen LogP contribution in [0.2, 0.25) is 0 Å². The van der Waals surface area contributed by atoms with E-state index in [1.807, 2.05) is 11.9 Å².